The predicted octanol–water partition coefficient (Wildman–Crippen LogP) is 5.05. The number of likely N-dealkylation sites (tertiary alicyclic amines) is 1. The van der Waals surface area contributed by atoms with Crippen LogP contribution in [0.3, 0.4) is 0 Å². The molecule has 25 heavy (non-hydrogen) atoms. The highest BCUT2D eigenvalue weighted by atomic mass is 16.6. The second kappa shape index (κ2) is 5.79. The first-order chi connectivity index (χ1) is 11.9. The molecule has 0 unspecified atom stereocenters. The minimum Gasteiger partial charge on any atom is -0.444 e. The van der Waals surface area contributed by atoms with Gasteiger partial charge in [-0.2, -0.15) is 0 Å². The van der Waals surface area contributed by atoms with Crippen LogP contribution in [-0.2, 0) is 11.2 Å². The van der Waals surface area contributed by atoms with Crippen molar-refractivity contribution in [2.45, 2.75) is 58.6 Å². The van der Waals surface area contributed by atoms with E-state index in [4.69, 9.17) is 4.74 Å². The molecule has 1 aliphatic carbocycles. The van der Waals surface area contributed by atoms with E-state index >= 15 is 0 Å². The van der Waals surface area contributed by atoms with E-state index in [2.05, 4.69) is 36.2 Å². The van der Waals surface area contributed by atoms with Crippen LogP contribution in [0.1, 0.15) is 57.8 Å². The minimum absolute atomic E-state index is 0.124. The molecule has 2 heterocycles. The first-order valence-electron chi connectivity index (χ1n) is 9.48. The Morgan fingerprint density at radius 1 is 1.32 bits per heavy atom. The third-order valence-electron chi connectivity index (χ3n) is 5.78. The van der Waals surface area contributed by atoms with E-state index in [1.165, 1.54) is 22.2 Å². The van der Waals surface area contributed by atoms with Gasteiger partial charge in [0.1, 0.15) is 5.60 Å². The fraction of sp³-hybridized carbons (Fsp3) is 0.571. The van der Waals surface area contributed by atoms with Crippen LogP contribution in [0, 0.1) is 11.8 Å². The quantitative estimate of drug-likeness (QED) is 0.789. The number of rotatable bonds is 1. The molecule has 1 aliphatic heterocycles. The fourth-order valence-corrected chi connectivity index (χ4v) is 4.83. The van der Waals surface area contributed by atoms with Gasteiger partial charge in [-0.15, -0.1) is 0 Å². The van der Waals surface area contributed by atoms with E-state index < -0.39 is 5.60 Å². The fourth-order valence-electron chi connectivity index (χ4n) is 4.83. The van der Waals surface area contributed by atoms with Crippen LogP contribution in [0.5, 0.6) is 0 Å². The zero-order valence-corrected chi connectivity index (χ0v) is 15.6. The molecule has 1 aromatic heterocycles. The molecule has 1 fully saturated rings. The van der Waals surface area contributed by atoms with Gasteiger partial charge >= 0.3 is 6.09 Å². The van der Waals surface area contributed by atoms with Crippen molar-refractivity contribution in [3.63, 3.8) is 0 Å². The number of aromatic amines is 1. The second-order valence-electron chi connectivity index (χ2n) is 8.51. The van der Waals surface area contributed by atoms with Gasteiger partial charge in [-0.3, -0.25) is 0 Å². The van der Waals surface area contributed by atoms with Crippen LogP contribution in [0.4, 0.5) is 4.79 Å². The summed E-state index contributed by atoms with van der Waals surface area (Å²) in [5, 5.41) is 1.26. The van der Waals surface area contributed by atoms with Crippen LogP contribution >= 0.6 is 0 Å². The average molecular weight is 340 g/mol. The van der Waals surface area contributed by atoms with E-state index in [0.29, 0.717) is 11.8 Å². The lowest BCUT2D eigenvalue weighted by Gasteiger charge is -2.48. The van der Waals surface area contributed by atoms with Gasteiger partial charge in [-0.25, -0.2) is 4.79 Å². The number of benzene rings is 1. The summed E-state index contributed by atoms with van der Waals surface area (Å²) in [6.07, 6.45) is 3.07. The maximum atomic E-state index is 12.9. The Balaban J connectivity index is 1.81. The number of nitrogens with one attached hydrogen (secondary N) is 1. The normalized spacial score (nSPS) is 25.8. The number of carbonyl (C=O) groups excluding carboxylic acids is 1. The van der Waals surface area contributed by atoms with Crippen molar-refractivity contribution in [1.29, 1.82) is 0 Å². The first kappa shape index (κ1) is 16.5. The monoisotopic (exact) mass is 340 g/mol. The van der Waals surface area contributed by atoms with Gasteiger partial charge < -0.3 is 14.6 Å². The van der Waals surface area contributed by atoms with Crippen molar-refractivity contribution < 1.29 is 9.53 Å². The van der Waals surface area contributed by atoms with Crippen LogP contribution < -0.4 is 0 Å². The van der Waals surface area contributed by atoms with Crippen molar-refractivity contribution in [3.05, 3.63) is 35.5 Å². The van der Waals surface area contributed by atoms with E-state index in [1.54, 1.807) is 0 Å². The summed E-state index contributed by atoms with van der Waals surface area (Å²) in [6, 6.07) is 8.60. The van der Waals surface area contributed by atoms with Crippen molar-refractivity contribution >= 4 is 17.0 Å². The summed E-state index contributed by atoms with van der Waals surface area (Å²) in [5.41, 5.74) is 3.35. The van der Waals surface area contributed by atoms with Crippen LogP contribution in [-0.4, -0.2) is 28.1 Å². The molecule has 4 heteroatoms. The maximum Gasteiger partial charge on any atom is 0.410 e. The molecule has 4 nitrogen and oxygen atoms in total. The van der Waals surface area contributed by atoms with Crippen molar-refractivity contribution in [2.24, 2.45) is 11.8 Å². The Kier molecular flexibility index (Phi) is 3.82. The number of aromatic nitrogens is 1. The molecule has 4 rings (SSSR count). The second-order valence-corrected chi connectivity index (χ2v) is 8.51. The highest BCUT2D eigenvalue weighted by molar-refractivity contribution is 5.86. The summed E-state index contributed by atoms with van der Waals surface area (Å²) in [6.45, 7) is 8.86. The van der Waals surface area contributed by atoms with Gasteiger partial charge in [-0.05, 0) is 51.5 Å². The molecule has 134 valence electrons. The summed E-state index contributed by atoms with van der Waals surface area (Å²) < 4.78 is 5.74. The summed E-state index contributed by atoms with van der Waals surface area (Å²) in [4.78, 5) is 18.5. The number of hydrogen-bond donors (Lipinski definition) is 1. The molecule has 1 saturated heterocycles. The van der Waals surface area contributed by atoms with E-state index in [0.717, 1.165) is 25.8 Å². The predicted molar refractivity (Wildman–Crippen MR) is 99.6 cm³/mol. The van der Waals surface area contributed by atoms with Crippen molar-refractivity contribution in [2.75, 3.05) is 6.54 Å². The Bertz CT molecular complexity index is 802. The Morgan fingerprint density at radius 2 is 2.08 bits per heavy atom. The zero-order chi connectivity index (χ0) is 17.8. The highest BCUT2D eigenvalue weighted by Crippen LogP contribution is 2.50. The number of piperidine rings is 1. The number of para-hydroxylation sites is 1. The number of nitrogens with zero attached hydrogens (tertiary/aromatic N) is 1. The van der Waals surface area contributed by atoms with E-state index in [9.17, 15) is 4.79 Å². The third kappa shape index (κ3) is 2.72. The summed E-state index contributed by atoms with van der Waals surface area (Å²) in [5.74, 6) is 1.15. The minimum atomic E-state index is -0.465. The van der Waals surface area contributed by atoms with Gasteiger partial charge in [0.25, 0.3) is 0 Å². The van der Waals surface area contributed by atoms with Crippen LogP contribution in [0.25, 0.3) is 10.9 Å². The van der Waals surface area contributed by atoms with Gasteiger partial charge in [-0.1, -0.05) is 31.5 Å². The topological polar surface area (TPSA) is 45.3 Å². The highest BCUT2D eigenvalue weighted by Gasteiger charge is 2.46. The average Bonchev–Trinajstić information content (AvgIpc) is 2.90. The molecule has 2 aromatic rings. The number of fused-ring (bicyclic) bond motifs is 6. The summed E-state index contributed by atoms with van der Waals surface area (Å²) >= 11 is 0. The van der Waals surface area contributed by atoms with Crippen molar-refractivity contribution in [3.8, 4) is 0 Å². The maximum absolute atomic E-state index is 12.9. The number of ether oxygens (including phenoxy) is 1. The SMILES string of the molecule is CC[C@H]1[C@@H]2CCN(C(=O)OC(C)(C)C)[C@H]1c1c([nH]c3ccccc13)C2. The molecule has 1 aromatic carbocycles. The lowest BCUT2D eigenvalue weighted by molar-refractivity contribution is -0.0163. The number of H-pyrrole nitrogens is 1. The Labute approximate surface area is 149 Å². The number of carbonyl (C=O) groups is 1. The molecule has 2 aliphatic rings. The Hall–Kier alpha value is -1.97. The van der Waals surface area contributed by atoms with E-state index in [1.807, 2.05) is 25.7 Å². The smallest absolute Gasteiger partial charge is 0.410 e. The molecular weight excluding hydrogens is 312 g/mol. The van der Waals surface area contributed by atoms with Crippen LogP contribution in [0.2, 0.25) is 0 Å². The number of amides is 1. The Morgan fingerprint density at radius 3 is 2.80 bits per heavy atom. The lowest BCUT2D eigenvalue weighted by atomic mass is 9.68. The molecule has 3 atom stereocenters. The third-order valence-corrected chi connectivity index (χ3v) is 5.78. The summed E-state index contributed by atoms with van der Waals surface area (Å²) in [7, 11) is 0. The molecule has 0 radical (unpaired) electrons. The number of hydrogen-bond acceptors (Lipinski definition) is 2. The zero-order valence-electron chi connectivity index (χ0n) is 15.6. The van der Waals surface area contributed by atoms with Gasteiger partial charge in [0.2, 0.25) is 0 Å². The van der Waals surface area contributed by atoms with Crippen molar-refractivity contribution in [1.82, 2.24) is 9.88 Å². The van der Waals surface area contributed by atoms with Gasteiger partial charge in [0.15, 0.2) is 0 Å². The molecule has 1 N–H and O–H groups in total. The van der Waals surface area contributed by atoms with Crippen LogP contribution in [0.15, 0.2) is 24.3 Å². The molecular formula is C21H28N2O2. The van der Waals surface area contributed by atoms with E-state index in [-0.39, 0.29) is 12.1 Å². The molecule has 0 spiro atoms. The van der Waals surface area contributed by atoms with Gasteiger partial charge in [0, 0.05) is 28.7 Å². The first-order valence-corrected chi connectivity index (χ1v) is 9.48. The lowest BCUT2D eigenvalue weighted by Crippen LogP contribution is -2.50. The molecule has 0 saturated carbocycles. The van der Waals surface area contributed by atoms with Gasteiger partial charge in [0.05, 0.1) is 6.04 Å². The largest absolute Gasteiger partial charge is 0.444 e. The standard InChI is InChI=1S/C21H28N2O2/c1-5-14-13-10-11-23(20(24)25-21(2,3)4)19(14)18-15-8-6-7-9-16(15)22-17(18)12-13/h6-9,13-14,19,22H,5,10-12H2,1-4H3/t13-,14+,19-/m1/s1. The molecule has 2 bridgehead atoms. The molecule has 1 amide bonds.